The van der Waals surface area contributed by atoms with Crippen LogP contribution < -0.4 is 15.7 Å². The molecule has 0 saturated carbocycles. The van der Waals surface area contributed by atoms with E-state index in [0.717, 1.165) is 5.39 Å². The van der Waals surface area contributed by atoms with E-state index in [-0.39, 0.29) is 16.9 Å². The number of hydrogen-bond donors (Lipinski definition) is 1. The number of carbonyl (C=O) groups is 1. The van der Waals surface area contributed by atoms with Gasteiger partial charge in [0.1, 0.15) is 17.0 Å². The number of benzene rings is 3. The number of hydrogen-bond acceptors (Lipinski definition) is 6. The molecule has 154 valence electrons. The first-order valence-electron chi connectivity index (χ1n) is 9.23. The first kappa shape index (κ1) is 19.8. The Morgan fingerprint density at radius 2 is 1.77 bits per heavy atom. The fraction of sp³-hybridized carbons (Fsp3) is 0.0435. The standard InChI is InChI=1S/C23H16N2O6/c1-30-17-10-11-19(20(13-17)25(28)29)24-22(26)15-8-6-14(7-9-15)18-12-16-4-2-3-5-21(16)31-23(18)27/h2-13H,1H3,(H,24,26). The molecule has 0 atom stereocenters. The number of fused-ring (bicyclic) bond motifs is 1. The van der Waals surface area contributed by atoms with Crippen LogP contribution in [-0.2, 0) is 0 Å². The third-order valence-corrected chi connectivity index (χ3v) is 4.75. The van der Waals surface area contributed by atoms with Crippen LogP contribution in [0.15, 0.2) is 82.0 Å². The van der Waals surface area contributed by atoms with Crippen molar-refractivity contribution in [3.8, 4) is 16.9 Å². The second-order valence-corrected chi connectivity index (χ2v) is 6.66. The van der Waals surface area contributed by atoms with E-state index in [1.54, 1.807) is 30.3 Å². The van der Waals surface area contributed by atoms with Gasteiger partial charge >= 0.3 is 5.63 Å². The molecule has 0 unspecified atom stereocenters. The molecule has 1 amide bonds. The molecule has 3 aromatic carbocycles. The quantitative estimate of drug-likeness (QED) is 0.288. The zero-order chi connectivity index (χ0) is 22.0. The Bertz CT molecular complexity index is 1360. The fourth-order valence-corrected chi connectivity index (χ4v) is 3.15. The number of amides is 1. The maximum absolute atomic E-state index is 12.6. The van der Waals surface area contributed by atoms with E-state index in [1.165, 1.54) is 37.4 Å². The summed E-state index contributed by atoms with van der Waals surface area (Å²) in [5, 5.41) is 14.6. The Labute approximate surface area is 175 Å². The Kier molecular flexibility index (Phi) is 5.19. The van der Waals surface area contributed by atoms with Crippen molar-refractivity contribution in [2.75, 3.05) is 12.4 Å². The molecule has 8 nitrogen and oxygen atoms in total. The molecule has 0 aliphatic carbocycles. The lowest BCUT2D eigenvalue weighted by Crippen LogP contribution is -2.13. The molecule has 0 radical (unpaired) electrons. The number of nitrogens with zero attached hydrogens (tertiary/aromatic N) is 1. The minimum absolute atomic E-state index is 0.0510. The van der Waals surface area contributed by atoms with Crippen LogP contribution in [0.1, 0.15) is 10.4 Å². The third kappa shape index (κ3) is 3.99. The molecule has 0 aliphatic heterocycles. The van der Waals surface area contributed by atoms with Gasteiger partial charge in [-0.25, -0.2) is 4.79 Å². The summed E-state index contributed by atoms with van der Waals surface area (Å²) in [6, 6.07) is 19.4. The Balaban J connectivity index is 1.60. The van der Waals surface area contributed by atoms with E-state index in [0.29, 0.717) is 22.5 Å². The first-order chi connectivity index (χ1) is 15.0. The average Bonchev–Trinajstić information content (AvgIpc) is 2.78. The number of carbonyl (C=O) groups excluding carboxylic acids is 1. The second kappa shape index (κ2) is 8.11. The number of para-hydroxylation sites is 1. The molecule has 0 bridgehead atoms. The number of nitro benzene ring substituents is 1. The molecular weight excluding hydrogens is 400 g/mol. The van der Waals surface area contributed by atoms with Crippen molar-refractivity contribution in [3.63, 3.8) is 0 Å². The lowest BCUT2D eigenvalue weighted by molar-refractivity contribution is -0.384. The van der Waals surface area contributed by atoms with Crippen molar-refractivity contribution in [2.45, 2.75) is 0 Å². The molecule has 0 spiro atoms. The molecule has 1 aromatic heterocycles. The van der Waals surface area contributed by atoms with Crippen LogP contribution in [0.3, 0.4) is 0 Å². The molecular formula is C23H16N2O6. The van der Waals surface area contributed by atoms with Crippen LogP contribution in [0, 0.1) is 10.1 Å². The smallest absolute Gasteiger partial charge is 0.344 e. The molecule has 0 aliphatic rings. The maximum Gasteiger partial charge on any atom is 0.344 e. The normalized spacial score (nSPS) is 10.6. The van der Waals surface area contributed by atoms with Gasteiger partial charge < -0.3 is 14.5 Å². The molecule has 4 aromatic rings. The van der Waals surface area contributed by atoms with Crippen LogP contribution >= 0.6 is 0 Å². The van der Waals surface area contributed by atoms with Crippen molar-refractivity contribution < 1.29 is 18.9 Å². The van der Waals surface area contributed by atoms with Crippen LogP contribution in [0.4, 0.5) is 11.4 Å². The van der Waals surface area contributed by atoms with Crippen molar-refractivity contribution in [2.24, 2.45) is 0 Å². The van der Waals surface area contributed by atoms with Gasteiger partial charge in [-0.15, -0.1) is 0 Å². The Morgan fingerprint density at radius 3 is 2.48 bits per heavy atom. The summed E-state index contributed by atoms with van der Waals surface area (Å²) in [5.74, 6) is -0.214. The van der Waals surface area contributed by atoms with Gasteiger partial charge in [0.2, 0.25) is 0 Å². The molecule has 0 saturated heterocycles. The zero-order valence-corrected chi connectivity index (χ0v) is 16.3. The molecule has 1 N–H and O–H groups in total. The van der Waals surface area contributed by atoms with E-state index in [4.69, 9.17) is 9.15 Å². The predicted molar refractivity (Wildman–Crippen MR) is 116 cm³/mol. The highest BCUT2D eigenvalue weighted by atomic mass is 16.6. The van der Waals surface area contributed by atoms with E-state index in [1.807, 2.05) is 12.1 Å². The van der Waals surface area contributed by atoms with Gasteiger partial charge in [0.05, 0.1) is 23.7 Å². The van der Waals surface area contributed by atoms with Crippen LogP contribution in [0.25, 0.3) is 22.1 Å². The molecule has 8 heteroatoms. The van der Waals surface area contributed by atoms with Crippen molar-refractivity contribution in [3.05, 3.63) is 98.9 Å². The van der Waals surface area contributed by atoms with Crippen molar-refractivity contribution in [1.29, 1.82) is 0 Å². The number of nitro groups is 1. The Hall–Kier alpha value is -4.46. The summed E-state index contributed by atoms with van der Waals surface area (Å²) in [4.78, 5) is 35.6. The lowest BCUT2D eigenvalue weighted by atomic mass is 10.0. The number of anilines is 1. The first-order valence-corrected chi connectivity index (χ1v) is 9.23. The largest absolute Gasteiger partial charge is 0.496 e. The number of nitrogens with one attached hydrogen (secondary N) is 1. The zero-order valence-electron chi connectivity index (χ0n) is 16.3. The third-order valence-electron chi connectivity index (χ3n) is 4.75. The summed E-state index contributed by atoms with van der Waals surface area (Å²) >= 11 is 0. The monoisotopic (exact) mass is 416 g/mol. The van der Waals surface area contributed by atoms with Gasteiger partial charge in [-0.2, -0.15) is 0 Å². The van der Waals surface area contributed by atoms with Gasteiger partial charge in [-0.3, -0.25) is 14.9 Å². The summed E-state index contributed by atoms with van der Waals surface area (Å²) in [5.41, 5.74) is 1.02. The highest BCUT2D eigenvalue weighted by molar-refractivity contribution is 6.05. The average molecular weight is 416 g/mol. The second-order valence-electron chi connectivity index (χ2n) is 6.66. The lowest BCUT2D eigenvalue weighted by Gasteiger charge is -2.08. The molecule has 4 rings (SSSR count). The van der Waals surface area contributed by atoms with E-state index in [9.17, 15) is 19.7 Å². The van der Waals surface area contributed by atoms with Crippen molar-refractivity contribution in [1.82, 2.24) is 0 Å². The summed E-state index contributed by atoms with van der Waals surface area (Å²) < 4.78 is 10.3. The predicted octanol–water partition coefficient (Wildman–Crippen LogP) is 4.63. The van der Waals surface area contributed by atoms with Gasteiger partial charge in [0.25, 0.3) is 11.6 Å². The van der Waals surface area contributed by atoms with Crippen molar-refractivity contribution >= 4 is 28.3 Å². The fourth-order valence-electron chi connectivity index (χ4n) is 3.15. The van der Waals surface area contributed by atoms with Gasteiger partial charge in [-0.1, -0.05) is 30.3 Å². The van der Waals surface area contributed by atoms with E-state index < -0.39 is 16.5 Å². The number of ether oxygens (including phenoxy) is 1. The van der Waals surface area contributed by atoms with Crippen LogP contribution in [0.5, 0.6) is 5.75 Å². The minimum Gasteiger partial charge on any atom is -0.496 e. The highest BCUT2D eigenvalue weighted by Gasteiger charge is 2.18. The summed E-state index contributed by atoms with van der Waals surface area (Å²) in [6.45, 7) is 0. The van der Waals surface area contributed by atoms with Crippen LogP contribution in [0.2, 0.25) is 0 Å². The SMILES string of the molecule is COc1ccc(NC(=O)c2ccc(-c3cc4ccccc4oc3=O)cc2)c([N+](=O)[O-])c1. The topological polar surface area (TPSA) is 112 Å². The number of methoxy groups -OCH3 is 1. The van der Waals surface area contributed by atoms with Crippen LogP contribution in [-0.4, -0.2) is 17.9 Å². The minimum atomic E-state index is -0.597. The highest BCUT2D eigenvalue weighted by Crippen LogP contribution is 2.29. The summed E-state index contributed by atoms with van der Waals surface area (Å²) in [7, 11) is 1.40. The maximum atomic E-state index is 12.6. The molecule has 31 heavy (non-hydrogen) atoms. The summed E-state index contributed by atoms with van der Waals surface area (Å²) in [6.07, 6.45) is 0. The van der Waals surface area contributed by atoms with E-state index >= 15 is 0 Å². The van der Waals surface area contributed by atoms with Gasteiger partial charge in [0, 0.05) is 10.9 Å². The number of rotatable bonds is 5. The Morgan fingerprint density at radius 1 is 1.03 bits per heavy atom. The van der Waals surface area contributed by atoms with E-state index in [2.05, 4.69) is 5.32 Å². The van der Waals surface area contributed by atoms with Gasteiger partial charge in [-0.05, 0) is 42.0 Å². The van der Waals surface area contributed by atoms with Gasteiger partial charge in [0.15, 0.2) is 0 Å². The molecule has 0 fully saturated rings. The molecule has 1 heterocycles.